The lowest BCUT2D eigenvalue weighted by molar-refractivity contribution is 0.660. The van der Waals surface area contributed by atoms with Gasteiger partial charge in [-0.2, -0.15) is 0 Å². The molecule has 0 aliphatic heterocycles. The zero-order valence-electron chi connectivity index (χ0n) is 36.2. The molecule has 9 aromatic carbocycles. The summed E-state index contributed by atoms with van der Waals surface area (Å²) in [4.78, 5) is 4.96. The van der Waals surface area contributed by atoms with E-state index in [1.54, 1.807) is 0 Å². The van der Waals surface area contributed by atoms with Gasteiger partial charge in [-0.3, -0.25) is 0 Å². The van der Waals surface area contributed by atoms with Crippen LogP contribution in [0, 0.1) is 0 Å². The van der Waals surface area contributed by atoms with E-state index in [4.69, 9.17) is 8.83 Å². The van der Waals surface area contributed by atoms with E-state index in [2.05, 4.69) is 219 Å². The van der Waals surface area contributed by atoms with Gasteiger partial charge >= 0.3 is 0 Å². The van der Waals surface area contributed by atoms with Crippen LogP contribution in [0.3, 0.4) is 0 Å². The Morgan fingerprint density at radius 2 is 0.781 bits per heavy atom. The fourth-order valence-electron chi connectivity index (χ4n) is 11.4. The summed E-state index contributed by atoms with van der Waals surface area (Å²) < 4.78 is 13.2. The molecule has 0 amide bonds. The van der Waals surface area contributed by atoms with Crippen molar-refractivity contribution < 1.29 is 8.83 Å². The smallest absolute Gasteiger partial charge is 0.137 e. The molecule has 0 bridgehead atoms. The molecule has 2 heterocycles. The molecule has 13 rings (SSSR count). The topological polar surface area (TPSA) is 32.8 Å². The van der Waals surface area contributed by atoms with Crippen LogP contribution in [0.1, 0.15) is 49.9 Å². The van der Waals surface area contributed by atoms with E-state index in [1.165, 1.54) is 44.5 Å². The number of fused-ring (bicyclic) bond motifs is 12. The van der Waals surface area contributed by atoms with E-state index >= 15 is 0 Å². The highest BCUT2D eigenvalue weighted by Crippen LogP contribution is 2.58. The maximum absolute atomic E-state index is 6.59. The van der Waals surface area contributed by atoms with Crippen LogP contribution >= 0.6 is 0 Å². The van der Waals surface area contributed by atoms with Crippen LogP contribution in [0.2, 0.25) is 0 Å². The van der Waals surface area contributed by atoms with E-state index in [0.717, 1.165) is 78.0 Å². The van der Waals surface area contributed by atoms with Gasteiger partial charge in [0.1, 0.15) is 22.3 Å². The average molecular weight is 825 g/mol. The minimum absolute atomic E-state index is 0.176. The molecule has 0 fully saturated rings. The second-order valence-electron chi connectivity index (χ2n) is 18.4. The van der Waals surface area contributed by atoms with E-state index < -0.39 is 0 Å². The summed E-state index contributed by atoms with van der Waals surface area (Å²) in [7, 11) is 0. The second kappa shape index (κ2) is 13.3. The quantitative estimate of drug-likeness (QED) is 0.167. The Labute approximate surface area is 372 Å². The largest absolute Gasteiger partial charge is 0.456 e. The summed E-state index contributed by atoms with van der Waals surface area (Å²) >= 11 is 0. The number of anilines is 6. The summed E-state index contributed by atoms with van der Waals surface area (Å²) in [5, 5.41) is 4.34. The monoisotopic (exact) mass is 824 g/mol. The van der Waals surface area contributed by atoms with Crippen molar-refractivity contribution in [2.45, 2.75) is 38.5 Å². The first-order valence-corrected chi connectivity index (χ1v) is 22.3. The van der Waals surface area contributed by atoms with Crippen LogP contribution in [0.5, 0.6) is 0 Å². The molecule has 4 heteroatoms. The lowest BCUT2D eigenvalue weighted by Crippen LogP contribution is -2.21. The first kappa shape index (κ1) is 36.8. The van der Waals surface area contributed by atoms with Gasteiger partial charge in [0, 0.05) is 38.5 Å². The van der Waals surface area contributed by atoms with Gasteiger partial charge in [0.25, 0.3) is 0 Å². The van der Waals surface area contributed by atoms with Crippen LogP contribution in [0.25, 0.3) is 66.1 Å². The van der Waals surface area contributed by atoms with Crippen molar-refractivity contribution in [2.75, 3.05) is 9.80 Å². The Bertz CT molecular complexity index is 3710. The molecule has 0 unspecified atom stereocenters. The Kier molecular flexibility index (Phi) is 7.67. The normalized spacial score (nSPS) is 14.2. The van der Waals surface area contributed by atoms with E-state index in [0.29, 0.717) is 0 Å². The predicted octanol–water partition coefficient (Wildman–Crippen LogP) is 17.0. The van der Waals surface area contributed by atoms with Crippen molar-refractivity contribution in [3.05, 3.63) is 216 Å². The summed E-state index contributed by atoms with van der Waals surface area (Å²) in [6, 6.07) is 70.4. The van der Waals surface area contributed by atoms with Gasteiger partial charge in [0.05, 0.1) is 33.5 Å². The van der Waals surface area contributed by atoms with E-state index in [1.807, 2.05) is 12.1 Å². The lowest BCUT2D eigenvalue weighted by atomic mass is 9.81. The van der Waals surface area contributed by atoms with Crippen molar-refractivity contribution in [2.24, 2.45) is 0 Å². The maximum atomic E-state index is 6.59. The number of hydrogen-bond donors (Lipinski definition) is 0. The maximum Gasteiger partial charge on any atom is 0.137 e. The van der Waals surface area contributed by atoms with Crippen molar-refractivity contribution in [3.63, 3.8) is 0 Å². The van der Waals surface area contributed by atoms with Crippen LogP contribution in [-0.2, 0) is 10.8 Å². The van der Waals surface area contributed by atoms with Crippen molar-refractivity contribution >= 4 is 78.0 Å². The molecule has 11 aromatic rings. The second-order valence-corrected chi connectivity index (χ2v) is 18.4. The fraction of sp³-hybridized carbons (Fsp3) is 0.100. The summed E-state index contributed by atoms with van der Waals surface area (Å²) in [6.45, 7) is 9.45. The van der Waals surface area contributed by atoms with E-state index in [9.17, 15) is 0 Å². The summed E-state index contributed by atoms with van der Waals surface area (Å²) in [5.74, 6) is 0. The molecular formula is C60H44N2O2. The Morgan fingerprint density at radius 3 is 1.44 bits per heavy atom. The predicted molar refractivity (Wildman–Crippen MR) is 265 cm³/mol. The highest BCUT2D eigenvalue weighted by atomic mass is 16.3. The lowest BCUT2D eigenvalue weighted by Gasteiger charge is -2.34. The average Bonchev–Trinajstić information content (AvgIpc) is 4.03. The first-order valence-electron chi connectivity index (χ1n) is 22.3. The molecule has 4 nitrogen and oxygen atoms in total. The number of hydrogen-bond acceptors (Lipinski definition) is 4. The van der Waals surface area contributed by atoms with Crippen LogP contribution < -0.4 is 9.80 Å². The van der Waals surface area contributed by atoms with Crippen LogP contribution in [0.4, 0.5) is 34.1 Å². The van der Waals surface area contributed by atoms with Gasteiger partial charge in [-0.1, -0.05) is 155 Å². The minimum atomic E-state index is -0.264. The van der Waals surface area contributed by atoms with Gasteiger partial charge in [-0.15, -0.1) is 0 Å². The molecule has 306 valence electrons. The van der Waals surface area contributed by atoms with E-state index in [-0.39, 0.29) is 10.8 Å². The molecule has 0 atom stereocenters. The minimum Gasteiger partial charge on any atom is -0.456 e. The van der Waals surface area contributed by atoms with Crippen LogP contribution in [0.15, 0.2) is 203 Å². The van der Waals surface area contributed by atoms with Crippen molar-refractivity contribution in [1.82, 2.24) is 0 Å². The number of para-hydroxylation sites is 2. The molecule has 0 saturated heterocycles. The Morgan fingerprint density at radius 1 is 0.344 bits per heavy atom. The zero-order valence-corrected chi connectivity index (χ0v) is 36.2. The summed E-state index contributed by atoms with van der Waals surface area (Å²) in [5.41, 5.74) is 19.9. The highest BCUT2D eigenvalue weighted by molar-refractivity contribution is 6.16. The van der Waals surface area contributed by atoms with Gasteiger partial charge in [-0.05, 0) is 106 Å². The number of furan rings is 2. The highest BCUT2D eigenvalue weighted by Gasteiger charge is 2.40. The first-order chi connectivity index (χ1) is 31.3. The van der Waals surface area contributed by atoms with Gasteiger partial charge in [0.2, 0.25) is 0 Å². The third kappa shape index (κ3) is 5.05. The zero-order chi connectivity index (χ0) is 42.9. The molecule has 64 heavy (non-hydrogen) atoms. The fourth-order valence-corrected chi connectivity index (χ4v) is 11.4. The Balaban J connectivity index is 1.12. The number of rotatable bonds is 6. The molecule has 0 spiro atoms. The van der Waals surface area contributed by atoms with Crippen LogP contribution in [-0.4, -0.2) is 0 Å². The molecule has 0 N–H and O–H groups in total. The molecule has 2 aromatic heterocycles. The van der Waals surface area contributed by atoms with Gasteiger partial charge in [0.15, 0.2) is 0 Å². The van der Waals surface area contributed by atoms with Gasteiger partial charge < -0.3 is 18.6 Å². The van der Waals surface area contributed by atoms with Crippen molar-refractivity contribution in [1.29, 1.82) is 0 Å². The SMILES string of the molecule is CC1(C)c2ccccc2-c2c(N(c3cccc(N(c4cccc5c4C(C)(C)c4ccccc4-5)c4cccc5oc6ccccc6c45)c3)c3cccc4oc5ccccc5c34)cccc21. The number of nitrogens with zero attached hydrogens (tertiary/aromatic N) is 2. The Hall–Kier alpha value is -7.82. The molecule has 0 saturated carbocycles. The molecule has 0 radical (unpaired) electrons. The van der Waals surface area contributed by atoms with Gasteiger partial charge in [-0.25, -0.2) is 0 Å². The standard InChI is InChI=1S/C60H44N2O2/c1-59(2)45-26-10-6-21-41(45)55-46(59)27-15-28-47(55)61(48-29-16-34-53-56(48)42-22-7-11-32-51(42)63-53)37-18-13-19-38(36-37)62(49-30-17-35-54-57(49)43-23-8-12-33-52(43)64-54)50-31-14-24-40-39-20-5-9-25-44(39)60(3,4)58(40)50/h5-36H,1-4H3. The molecular weight excluding hydrogens is 781 g/mol. The third-order valence-corrected chi connectivity index (χ3v) is 14.2. The molecule has 2 aliphatic rings. The third-order valence-electron chi connectivity index (χ3n) is 14.2. The number of benzene rings is 9. The molecule has 2 aliphatic carbocycles. The summed E-state index contributed by atoms with van der Waals surface area (Å²) in [6.07, 6.45) is 0. The van der Waals surface area contributed by atoms with Crippen molar-refractivity contribution in [3.8, 4) is 22.3 Å².